The topological polar surface area (TPSA) is 86.8 Å². The van der Waals surface area contributed by atoms with E-state index in [1.165, 1.54) is 35.2 Å². The van der Waals surface area contributed by atoms with E-state index in [0.717, 1.165) is 53.1 Å². The molecule has 2 amide bonds. The fraction of sp³-hybridized carbons (Fsp3) is 0.316. The van der Waals surface area contributed by atoms with Gasteiger partial charge in [-0.15, -0.1) is 0 Å². The number of hydrogen-bond donors (Lipinski definition) is 1. The standard InChI is InChI=1S/C38H41ClFN3O4S/c1-27-17-20-33(23-28(27)2)43(48(46,47)34-21-18-31(39)19-22-34)26-37(44)42(25-30-13-9-10-16-35(30)40)36(24-29-11-5-3-6-12-29)38(45)41-32-14-7-4-8-15-32/h3,5-6,9-13,16-23,32,36H,4,7-8,14-15,24-26H2,1-2H3,(H,41,45)/t36-/m0/s1. The highest BCUT2D eigenvalue weighted by atomic mass is 35.5. The number of aryl methyl sites for hydroxylation is 2. The Balaban J connectivity index is 1.58. The molecule has 1 saturated carbocycles. The summed E-state index contributed by atoms with van der Waals surface area (Å²) in [5.41, 5.74) is 3.12. The highest BCUT2D eigenvalue weighted by Gasteiger charge is 2.36. The van der Waals surface area contributed by atoms with Crippen molar-refractivity contribution in [3.8, 4) is 0 Å². The van der Waals surface area contributed by atoms with Gasteiger partial charge in [-0.2, -0.15) is 0 Å². The third-order valence-corrected chi connectivity index (χ3v) is 11.0. The van der Waals surface area contributed by atoms with Gasteiger partial charge in [0.1, 0.15) is 18.4 Å². The van der Waals surface area contributed by atoms with Crippen molar-refractivity contribution in [1.29, 1.82) is 0 Å². The zero-order valence-corrected chi connectivity index (χ0v) is 28.8. The Hall–Kier alpha value is -4.21. The van der Waals surface area contributed by atoms with E-state index in [4.69, 9.17) is 11.6 Å². The van der Waals surface area contributed by atoms with Gasteiger partial charge in [-0.1, -0.05) is 85.5 Å². The van der Waals surface area contributed by atoms with Crippen molar-refractivity contribution in [2.75, 3.05) is 10.8 Å². The van der Waals surface area contributed by atoms with E-state index >= 15 is 4.39 Å². The molecule has 10 heteroatoms. The van der Waals surface area contributed by atoms with Gasteiger partial charge in [0.25, 0.3) is 10.0 Å². The van der Waals surface area contributed by atoms with Crippen molar-refractivity contribution in [3.05, 3.63) is 130 Å². The molecular weight excluding hydrogens is 649 g/mol. The first-order valence-corrected chi connectivity index (χ1v) is 18.1. The van der Waals surface area contributed by atoms with Crippen molar-refractivity contribution in [1.82, 2.24) is 10.2 Å². The number of nitrogens with one attached hydrogen (secondary N) is 1. The van der Waals surface area contributed by atoms with Crippen LogP contribution in [0.15, 0.2) is 102 Å². The summed E-state index contributed by atoms with van der Waals surface area (Å²) in [7, 11) is -4.29. The molecular formula is C38H41ClFN3O4S. The molecule has 1 aliphatic carbocycles. The zero-order chi connectivity index (χ0) is 34.3. The van der Waals surface area contributed by atoms with Gasteiger partial charge >= 0.3 is 0 Å². The first kappa shape index (κ1) is 35.1. The molecule has 1 fully saturated rings. The minimum atomic E-state index is -4.29. The number of carbonyl (C=O) groups excluding carboxylic acids is 2. The van der Waals surface area contributed by atoms with Crippen molar-refractivity contribution in [2.24, 2.45) is 0 Å². The Morgan fingerprint density at radius 1 is 0.875 bits per heavy atom. The molecule has 0 aliphatic heterocycles. The van der Waals surface area contributed by atoms with Crippen LogP contribution in [0.5, 0.6) is 0 Å². The van der Waals surface area contributed by atoms with E-state index in [0.29, 0.717) is 10.7 Å². The molecule has 252 valence electrons. The maximum absolute atomic E-state index is 15.2. The van der Waals surface area contributed by atoms with Gasteiger partial charge in [-0.3, -0.25) is 13.9 Å². The van der Waals surface area contributed by atoms with Crippen molar-refractivity contribution < 1.29 is 22.4 Å². The lowest BCUT2D eigenvalue weighted by atomic mass is 9.94. The first-order valence-electron chi connectivity index (χ1n) is 16.3. The minimum absolute atomic E-state index is 0.0350. The van der Waals surface area contributed by atoms with E-state index in [9.17, 15) is 18.0 Å². The van der Waals surface area contributed by atoms with Crippen LogP contribution in [-0.4, -0.2) is 43.8 Å². The molecule has 1 atom stereocenters. The maximum Gasteiger partial charge on any atom is 0.264 e. The van der Waals surface area contributed by atoms with E-state index in [1.54, 1.807) is 36.4 Å². The van der Waals surface area contributed by atoms with E-state index in [1.807, 2.05) is 44.2 Å². The fourth-order valence-electron chi connectivity index (χ4n) is 6.05. The molecule has 0 unspecified atom stereocenters. The van der Waals surface area contributed by atoms with Crippen LogP contribution in [0, 0.1) is 19.7 Å². The first-order chi connectivity index (χ1) is 23.0. The maximum atomic E-state index is 15.2. The molecule has 0 radical (unpaired) electrons. The third kappa shape index (κ3) is 8.62. The SMILES string of the molecule is Cc1ccc(N(CC(=O)N(Cc2ccccc2F)[C@@H](Cc2ccccc2)C(=O)NC2CCCCC2)S(=O)(=O)c2ccc(Cl)cc2)cc1C. The predicted molar refractivity (Wildman–Crippen MR) is 188 cm³/mol. The Morgan fingerprint density at radius 2 is 1.54 bits per heavy atom. The predicted octanol–water partition coefficient (Wildman–Crippen LogP) is 7.38. The Morgan fingerprint density at radius 3 is 2.21 bits per heavy atom. The van der Waals surface area contributed by atoms with E-state index in [2.05, 4.69) is 5.32 Å². The monoisotopic (exact) mass is 689 g/mol. The molecule has 48 heavy (non-hydrogen) atoms. The molecule has 1 aliphatic rings. The lowest BCUT2D eigenvalue weighted by Crippen LogP contribution is -2.55. The van der Waals surface area contributed by atoms with E-state index < -0.39 is 34.3 Å². The van der Waals surface area contributed by atoms with Gasteiger partial charge in [0.05, 0.1) is 10.6 Å². The highest BCUT2D eigenvalue weighted by molar-refractivity contribution is 7.92. The van der Waals surface area contributed by atoms with Gasteiger partial charge in [-0.05, 0) is 85.8 Å². The van der Waals surface area contributed by atoms with Gasteiger partial charge in [-0.25, -0.2) is 12.8 Å². The molecule has 0 aromatic heterocycles. The summed E-state index contributed by atoms with van der Waals surface area (Å²) in [6, 6.07) is 25.3. The average Bonchev–Trinajstić information content (AvgIpc) is 3.08. The summed E-state index contributed by atoms with van der Waals surface area (Å²) in [6.07, 6.45) is 4.94. The minimum Gasteiger partial charge on any atom is -0.352 e. The Bertz CT molecular complexity index is 1830. The largest absolute Gasteiger partial charge is 0.352 e. The van der Waals surface area contributed by atoms with Crippen LogP contribution in [0.3, 0.4) is 0 Å². The summed E-state index contributed by atoms with van der Waals surface area (Å²) in [5.74, 6) is -1.52. The van der Waals surface area contributed by atoms with E-state index in [-0.39, 0.29) is 35.4 Å². The number of carbonyl (C=O) groups is 2. The number of nitrogens with zero attached hydrogens (tertiary/aromatic N) is 2. The highest BCUT2D eigenvalue weighted by Crippen LogP contribution is 2.28. The molecule has 4 aromatic carbocycles. The van der Waals surface area contributed by atoms with Gasteiger partial charge in [0.15, 0.2) is 0 Å². The van der Waals surface area contributed by atoms with Crippen molar-refractivity contribution in [3.63, 3.8) is 0 Å². The molecule has 1 N–H and O–H groups in total. The molecule has 7 nitrogen and oxygen atoms in total. The molecule has 0 heterocycles. The third-order valence-electron chi connectivity index (χ3n) is 8.98. The number of sulfonamides is 1. The molecule has 0 spiro atoms. The number of rotatable bonds is 12. The average molecular weight is 690 g/mol. The molecule has 5 rings (SSSR count). The summed E-state index contributed by atoms with van der Waals surface area (Å²) in [6.45, 7) is 2.92. The smallest absolute Gasteiger partial charge is 0.264 e. The second-order valence-electron chi connectivity index (χ2n) is 12.4. The number of benzene rings is 4. The number of hydrogen-bond acceptors (Lipinski definition) is 4. The normalized spacial score (nSPS) is 14.2. The van der Waals surface area contributed by atoms with Gasteiger partial charge in [0, 0.05) is 29.6 Å². The van der Waals surface area contributed by atoms with Crippen LogP contribution in [0.4, 0.5) is 10.1 Å². The summed E-state index contributed by atoms with van der Waals surface area (Å²) < 4.78 is 44.7. The van der Waals surface area contributed by atoms with Crippen molar-refractivity contribution >= 4 is 39.1 Å². The Labute approximate surface area is 287 Å². The van der Waals surface area contributed by atoms with Crippen LogP contribution in [0.2, 0.25) is 5.02 Å². The van der Waals surface area contributed by atoms with Gasteiger partial charge < -0.3 is 10.2 Å². The van der Waals surface area contributed by atoms with Gasteiger partial charge in [0.2, 0.25) is 11.8 Å². The zero-order valence-electron chi connectivity index (χ0n) is 27.2. The molecule has 0 bridgehead atoms. The van der Waals surface area contributed by atoms with Crippen LogP contribution < -0.4 is 9.62 Å². The summed E-state index contributed by atoms with van der Waals surface area (Å²) in [5, 5.41) is 3.53. The lowest BCUT2D eigenvalue weighted by molar-refractivity contribution is -0.140. The van der Waals surface area contributed by atoms with Crippen molar-refractivity contribution in [2.45, 2.75) is 75.9 Å². The molecule has 4 aromatic rings. The second-order valence-corrected chi connectivity index (χ2v) is 14.7. The molecule has 0 saturated heterocycles. The quantitative estimate of drug-likeness (QED) is 0.168. The van der Waals surface area contributed by atoms with Crippen LogP contribution in [0.1, 0.15) is 54.4 Å². The number of halogens is 2. The summed E-state index contributed by atoms with van der Waals surface area (Å²) in [4.78, 5) is 30.1. The van der Waals surface area contributed by atoms with Crippen LogP contribution in [0.25, 0.3) is 0 Å². The second kappa shape index (κ2) is 15.8. The summed E-state index contributed by atoms with van der Waals surface area (Å²) >= 11 is 6.08. The fourth-order valence-corrected chi connectivity index (χ4v) is 7.58. The van der Waals surface area contributed by atoms with Crippen LogP contribution >= 0.6 is 11.6 Å². The van der Waals surface area contributed by atoms with Crippen LogP contribution in [-0.2, 0) is 32.6 Å². The lowest BCUT2D eigenvalue weighted by Gasteiger charge is -2.35. The number of anilines is 1. The number of amides is 2. The Kier molecular flexibility index (Phi) is 11.5.